The second-order valence-electron chi connectivity index (χ2n) is 2.95. The minimum absolute atomic E-state index is 0.00665. The maximum Gasteiger partial charge on any atom is 0.387 e. The van der Waals surface area contributed by atoms with Gasteiger partial charge in [-0.3, -0.25) is 0 Å². The van der Waals surface area contributed by atoms with E-state index in [-0.39, 0.29) is 23.5 Å². The third-order valence-electron chi connectivity index (χ3n) is 1.79. The van der Waals surface area contributed by atoms with Crippen LogP contribution >= 0.6 is 0 Å². The number of anilines is 3. The predicted octanol–water partition coefficient (Wildman–Crippen LogP) is 2.00. The number of nitrogens with zero attached hydrogens (tertiary/aromatic N) is 2. The maximum atomic E-state index is 12.1. The molecule has 0 aliphatic carbocycles. The fourth-order valence-corrected chi connectivity index (χ4v) is 1.17. The minimum atomic E-state index is -2.91. The van der Waals surface area contributed by atoms with Gasteiger partial charge in [-0.05, 0) is 12.1 Å². The summed E-state index contributed by atoms with van der Waals surface area (Å²) in [6, 6.07) is 5.98. The Kier molecular flexibility index (Phi) is 3.03. The highest BCUT2D eigenvalue weighted by Gasteiger charge is 2.11. The monoisotopic (exact) mass is 242 g/mol. The van der Waals surface area contributed by atoms with Gasteiger partial charge in [0.15, 0.2) is 0 Å². The van der Waals surface area contributed by atoms with E-state index in [1.807, 2.05) is 0 Å². The van der Waals surface area contributed by atoms with Crippen molar-refractivity contribution in [3.05, 3.63) is 24.3 Å². The van der Waals surface area contributed by atoms with Crippen LogP contribution in [0.1, 0.15) is 0 Å². The summed E-state index contributed by atoms with van der Waals surface area (Å²) in [6.45, 7) is -2.91. The Morgan fingerprint density at radius 2 is 2.06 bits per heavy atom. The molecule has 0 atom stereocenters. The Labute approximate surface area is 94.4 Å². The molecule has 3 N–H and O–H groups in total. The van der Waals surface area contributed by atoms with Gasteiger partial charge in [0.2, 0.25) is 0 Å². The molecule has 0 saturated heterocycles. The largest absolute Gasteiger partial charge is 0.433 e. The van der Waals surface area contributed by atoms with Crippen molar-refractivity contribution in [1.29, 1.82) is 0 Å². The van der Waals surface area contributed by atoms with Gasteiger partial charge in [0.05, 0.1) is 5.69 Å². The lowest BCUT2D eigenvalue weighted by molar-refractivity contribution is -0.0493. The van der Waals surface area contributed by atoms with E-state index in [0.717, 1.165) is 0 Å². The number of para-hydroxylation sites is 2. The standard InChI is InChI=1S/C9H8F2N4O2/c10-7(11)16-6-4-2-1-3-5(6)13-9-15-14-8(12)17-9/h1-4,7H,(H2,12,14)(H,13,15). The molecule has 90 valence electrons. The van der Waals surface area contributed by atoms with E-state index in [4.69, 9.17) is 10.2 Å². The zero-order chi connectivity index (χ0) is 12.3. The summed E-state index contributed by atoms with van der Waals surface area (Å²) in [6.07, 6.45) is 0. The van der Waals surface area contributed by atoms with E-state index in [9.17, 15) is 8.78 Å². The third kappa shape index (κ3) is 2.80. The molecule has 0 fully saturated rings. The first-order valence-corrected chi connectivity index (χ1v) is 4.55. The Morgan fingerprint density at radius 3 is 2.71 bits per heavy atom. The third-order valence-corrected chi connectivity index (χ3v) is 1.79. The van der Waals surface area contributed by atoms with E-state index >= 15 is 0 Å². The second-order valence-corrected chi connectivity index (χ2v) is 2.95. The van der Waals surface area contributed by atoms with Crippen LogP contribution in [0.15, 0.2) is 28.7 Å². The Bertz CT molecular complexity index is 503. The molecule has 0 radical (unpaired) electrons. The summed E-state index contributed by atoms with van der Waals surface area (Å²) in [5.41, 5.74) is 5.49. The lowest BCUT2D eigenvalue weighted by Crippen LogP contribution is -2.04. The van der Waals surface area contributed by atoms with Crippen LogP contribution in [0.4, 0.5) is 26.5 Å². The van der Waals surface area contributed by atoms with Crippen LogP contribution in [-0.4, -0.2) is 16.8 Å². The predicted molar refractivity (Wildman–Crippen MR) is 55.1 cm³/mol. The molecule has 2 aromatic rings. The van der Waals surface area contributed by atoms with Crippen LogP contribution in [-0.2, 0) is 0 Å². The van der Waals surface area contributed by atoms with Gasteiger partial charge < -0.3 is 20.2 Å². The number of hydrogen-bond acceptors (Lipinski definition) is 6. The van der Waals surface area contributed by atoms with Gasteiger partial charge in [-0.25, -0.2) is 0 Å². The molecule has 2 rings (SSSR count). The van der Waals surface area contributed by atoms with Crippen LogP contribution in [0.3, 0.4) is 0 Å². The number of nitrogens with one attached hydrogen (secondary N) is 1. The number of nitrogen functional groups attached to an aromatic ring is 1. The molecular weight excluding hydrogens is 234 g/mol. The van der Waals surface area contributed by atoms with Crippen LogP contribution in [0, 0.1) is 0 Å². The highest BCUT2D eigenvalue weighted by Crippen LogP contribution is 2.28. The molecule has 1 aromatic heterocycles. The molecule has 6 nitrogen and oxygen atoms in total. The first-order valence-electron chi connectivity index (χ1n) is 4.55. The Balaban J connectivity index is 2.20. The van der Waals surface area contributed by atoms with Gasteiger partial charge in [-0.1, -0.05) is 22.3 Å². The van der Waals surface area contributed by atoms with Gasteiger partial charge in [0.1, 0.15) is 5.75 Å². The van der Waals surface area contributed by atoms with E-state index in [1.165, 1.54) is 12.1 Å². The number of halogens is 2. The first kappa shape index (κ1) is 11.1. The van der Waals surface area contributed by atoms with Crippen molar-refractivity contribution in [2.45, 2.75) is 6.61 Å². The highest BCUT2D eigenvalue weighted by atomic mass is 19.3. The molecule has 0 aliphatic heterocycles. The van der Waals surface area contributed by atoms with Crippen LogP contribution in [0.5, 0.6) is 5.75 Å². The van der Waals surface area contributed by atoms with Crippen molar-refractivity contribution in [2.24, 2.45) is 0 Å². The topological polar surface area (TPSA) is 86.2 Å². The SMILES string of the molecule is Nc1nnc(Nc2ccccc2OC(F)F)o1. The second kappa shape index (κ2) is 4.64. The summed E-state index contributed by atoms with van der Waals surface area (Å²) >= 11 is 0. The van der Waals surface area contributed by atoms with Crippen molar-refractivity contribution in [3.63, 3.8) is 0 Å². The number of rotatable bonds is 4. The number of nitrogens with two attached hydrogens (primary N) is 1. The van der Waals surface area contributed by atoms with Crippen molar-refractivity contribution in [1.82, 2.24) is 10.2 Å². The van der Waals surface area contributed by atoms with Gasteiger partial charge in [-0.2, -0.15) is 8.78 Å². The summed E-state index contributed by atoms with van der Waals surface area (Å²) in [7, 11) is 0. The molecule has 0 unspecified atom stereocenters. The summed E-state index contributed by atoms with van der Waals surface area (Å²) in [4.78, 5) is 0. The molecule has 0 saturated carbocycles. The van der Waals surface area contributed by atoms with Crippen molar-refractivity contribution < 1.29 is 17.9 Å². The van der Waals surface area contributed by atoms with E-state index in [2.05, 4.69) is 20.3 Å². The van der Waals surface area contributed by atoms with Crippen molar-refractivity contribution >= 4 is 17.7 Å². The van der Waals surface area contributed by atoms with Crippen LogP contribution in [0.2, 0.25) is 0 Å². The lowest BCUT2D eigenvalue weighted by Gasteiger charge is -2.09. The summed E-state index contributed by atoms with van der Waals surface area (Å²) in [5, 5.41) is 9.57. The number of ether oxygens (including phenoxy) is 1. The first-order chi connectivity index (χ1) is 8.15. The fourth-order valence-electron chi connectivity index (χ4n) is 1.17. The van der Waals surface area contributed by atoms with Gasteiger partial charge in [0, 0.05) is 0 Å². The molecular formula is C9H8F2N4O2. The summed E-state index contributed by atoms with van der Waals surface area (Å²) < 4.78 is 33.4. The quantitative estimate of drug-likeness (QED) is 0.852. The Hall–Kier alpha value is -2.38. The molecule has 1 aromatic carbocycles. The van der Waals surface area contributed by atoms with Crippen LogP contribution in [0.25, 0.3) is 0 Å². The van der Waals surface area contributed by atoms with Gasteiger partial charge in [0.25, 0.3) is 0 Å². The summed E-state index contributed by atoms with van der Waals surface area (Å²) in [5.74, 6) is -0.0285. The average molecular weight is 242 g/mol. The average Bonchev–Trinajstić information content (AvgIpc) is 2.66. The zero-order valence-corrected chi connectivity index (χ0v) is 8.43. The van der Waals surface area contributed by atoms with Crippen molar-refractivity contribution in [2.75, 3.05) is 11.1 Å². The molecule has 8 heteroatoms. The molecule has 17 heavy (non-hydrogen) atoms. The van der Waals surface area contributed by atoms with E-state index in [1.54, 1.807) is 12.1 Å². The number of benzene rings is 1. The normalized spacial score (nSPS) is 10.5. The molecule has 0 amide bonds. The number of aromatic nitrogens is 2. The lowest BCUT2D eigenvalue weighted by atomic mass is 10.3. The molecule has 0 aliphatic rings. The van der Waals surface area contributed by atoms with Crippen molar-refractivity contribution in [3.8, 4) is 5.75 Å². The van der Waals surface area contributed by atoms with Gasteiger partial charge in [-0.15, -0.1) is 0 Å². The molecule has 0 bridgehead atoms. The van der Waals surface area contributed by atoms with Crippen LogP contribution < -0.4 is 15.8 Å². The number of alkyl halides is 2. The Morgan fingerprint density at radius 1 is 1.29 bits per heavy atom. The van der Waals surface area contributed by atoms with Gasteiger partial charge >= 0.3 is 18.6 Å². The zero-order valence-electron chi connectivity index (χ0n) is 8.43. The molecule has 0 spiro atoms. The fraction of sp³-hybridized carbons (Fsp3) is 0.111. The number of hydrogen-bond donors (Lipinski definition) is 2. The maximum absolute atomic E-state index is 12.1. The van der Waals surface area contributed by atoms with E-state index in [0.29, 0.717) is 0 Å². The smallest absolute Gasteiger partial charge is 0.387 e. The highest BCUT2D eigenvalue weighted by molar-refractivity contribution is 5.61. The minimum Gasteiger partial charge on any atom is -0.433 e. The molecule has 1 heterocycles. The van der Waals surface area contributed by atoms with E-state index < -0.39 is 6.61 Å².